The highest BCUT2D eigenvalue weighted by atomic mass is 19.1. The number of benzene rings is 1. The SMILES string of the molecule is CC(C)C[NH2+]Cc1ccc(-c2ccc(F)cc2)o1. The van der Waals surface area contributed by atoms with E-state index in [-0.39, 0.29) is 5.82 Å². The second-order valence-corrected chi connectivity index (χ2v) is 4.90. The van der Waals surface area contributed by atoms with Crippen LogP contribution in [-0.4, -0.2) is 6.54 Å². The van der Waals surface area contributed by atoms with Crippen molar-refractivity contribution in [3.63, 3.8) is 0 Å². The van der Waals surface area contributed by atoms with Crippen LogP contribution in [0.25, 0.3) is 11.3 Å². The van der Waals surface area contributed by atoms with Crippen molar-refractivity contribution < 1.29 is 14.1 Å². The molecule has 96 valence electrons. The van der Waals surface area contributed by atoms with E-state index in [2.05, 4.69) is 19.2 Å². The highest BCUT2D eigenvalue weighted by Crippen LogP contribution is 2.21. The topological polar surface area (TPSA) is 29.8 Å². The predicted molar refractivity (Wildman–Crippen MR) is 69.4 cm³/mol. The van der Waals surface area contributed by atoms with E-state index in [9.17, 15) is 4.39 Å². The molecule has 0 radical (unpaired) electrons. The quantitative estimate of drug-likeness (QED) is 0.866. The second kappa shape index (κ2) is 5.83. The van der Waals surface area contributed by atoms with E-state index in [1.165, 1.54) is 12.1 Å². The van der Waals surface area contributed by atoms with Gasteiger partial charge in [0.1, 0.15) is 18.1 Å². The highest BCUT2D eigenvalue weighted by molar-refractivity contribution is 5.57. The monoisotopic (exact) mass is 248 g/mol. The van der Waals surface area contributed by atoms with Crippen LogP contribution < -0.4 is 5.32 Å². The number of furan rings is 1. The van der Waals surface area contributed by atoms with E-state index >= 15 is 0 Å². The van der Waals surface area contributed by atoms with Crippen molar-refractivity contribution in [1.82, 2.24) is 0 Å². The summed E-state index contributed by atoms with van der Waals surface area (Å²) in [5.74, 6) is 2.20. The standard InChI is InChI=1S/C15H18FNO/c1-11(2)9-17-10-14-7-8-15(18-14)12-3-5-13(16)6-4-12/h3-8,11,17H,9-10H2,1-2H3/p+1. The Morgan fingerprint density at radius 1 is 1.11 bits per heavy atom. The van der Waals surface area contributed by atoms with Crippen LogP contribution in [0.4, 0.5) is 4.39 Å². The molecular formula is C15H19FNO+. The maximum absolute atomic E-state index is 12.8. The van der Waals surface area contributed by atoms with Crippen molar-refractivity contribution in [3.05, 3.63) is 48.0 Å². The fraction of sp³-hybridized carbons (Fsp3) is 0.333. The van der Waals surface area contributed by atoms with E-state index in [0.29, 0.717) is 5.92 Å². The van der Waals surface area contributed by atoms with Gasteiger partial charge in [0.05, 0.1) is 6.54 Å². The Kier molecular flexibility index (Phi) is 4.15. The van der Waals surface area contributed by atoms with Gasteiger partial charge in [-0.15, -0.1) is 0 Å². The molecule has 0 bridgehead atoms. The first kappa shape index (κ1) is 12.8. The molecule has 2 nitrogen and oxygen atoms in total. The third kappa shape index (κ3) is 3.44. The molecule has 0 aliphatic rings. The molecule has 0 aliphatic carbocycles. The molecule has 1 aromatic carbocycles. The lowest BCUT2D eigenvalue weighted by Crippen LogP contribution is -2.83. The molecule has 0 spiro atoms. The summed E-state index contributed by atoms with van der Waals surface area (Å²) in [7, 11) is 0. The Morgan fingerprint density at radius 3 is 2.50 bits per heavy atom. The molecule has 3 heteroatoms. The van der Waals surface area contributed by atoms with Crippen LogP contribution in [0.3, 0.4) is 0 Å². The average molecular weight is 248 g/mol. The van der Waals surface area contributed by atoms with Gasteiger partial charge < -0.3 is 9.73 Å². The Balaban J connectivity index is 1.99. The summed E-state index contributed by atoms with van der Waals surface area (Å²) >= 11 is 0. The smallest absolute Gasteiger partial charge is 0.158 e. The lowest BCUT2D eigenvalue weighted by Gasteiger charge is -2.02. The first-order chi connectivity index (χ1) is 8.65. The summed E-state index contributed by atoms with van der Waals surface area (Å²) in [5.41, 5.74) is 0.909. The molecule has 0 saturated heterocycles. The summed E-state index contributed by atoms with van der Waals surface area (Å²) < 4.78 is 18.6. The fourth-order valence-electron chi connectivity index (χ4n) is 1.82. The molecule has 2 rings (SSSR count). The first-order valence-electron chi connectivity index (χ1n) is 6.31. The van der Waals surface area contributed by atoms with Crippen molar-refractivity contribution in [2.75, 3.05) is 6.54 Å². The van der Waals surface area contributed by atoms with Crippen LogP contribution in [0.2, 0.25) is 0 Å². The van der Waals surface area contributed by atoms with Crippen LogP contribution in [-0.2, 0) is 6.54 Å². The first-order valence-corrected chi connectivity index (χ1v) is 6.31. The van der Waals surface area contributed by atoms with Gasteiger partial charge in [0.2, 0.25) is 0 Å². The van der Waals surface area contributed by atoms with E-state index in [1.54, 1.807) is 12.1 Å². The Morgan fingerprint density at radius 2 is 1.83 bits per heavy atom. The number of quaternary nitrogens is 1. The number of rotatable bonds is 5. The van der Waals surface area contributed by atoms with Crippen LogP contribution in [0.1, 0.15) is 19.6 Å². The van der Waals surface area contributed by atoms with E-state index in [1.807, 2.05) is 12.1 Å². The number of hydrogen-bond donors (Lipinski definition) is 1. The van der Waals surface area contributed by atoms with Gasteiger partial charge >= 0.3 is 0 Å². The molecule has 0 unspecified atom stereocenters. The molecule has 18 heavy (non-hydrogen) atoms. The minimum atomic E-state index is -0.226. The number of hydrogen-bond acceptors (Lipinski definition) is 1. The molecule has 2 N–H and O–H groups in total. The maximum atomic E-state index is 12.8. The summed E-state index contributed by atoms with van der Waals surface area (Å²) in [5, 5.41) is 2.23. The second-order valence-electron chi connectivity index (χ2n) is 4.90. The van der Waals surface area contributed by atoms with Gasteiger partial charge in [0.15, 0.2) is 5.76 Å². The third-order valence-electron chi connectivity index (χ3n) is 2.77. The Hall–Kier alpha value is -1.61. The highest BCUT2D eigenvalue weighted by Gasteiger charge is 2.06. The molecule has 0 amide bonds. The van der Waals surface area contributed by atoms with Gasteiger partial charge in [0.25, 0.3) is 0 Å². The fourth-order valence-corrected chi connectivity index (χ4v) is 1.82. The van der Waals surface area contributed by atoms with Crippen molar-refractivity contribution in [2.45, 2.75) is 20.4 Å². The summed E-state index contributed by atoms with van der Waals surface area (Å²) in [6.07, 6.45) is 0. The molecule has 0 atom stereocenters. The van der Waals surface area contributed by atoms with Gasteiger partial charge in [-0.25, -0.2) is 4.39 Å². The molecule has 2 aromatic rings. The number of nitrogens with two attached hydrogens (primary N) is 1. The van der Waals surface area contributed by atoms with Crippen LogP contribution in [0.15, 0.2) is 40.8 Å². The largest absolute Gasteiger partial charge is 0.455 e. The molecule has 1 heterocycles. The van der Waals surface area contributed by atoms with Crippen molar-refractivity contribution in [3.8, 4) is 11.3 Å². The molecular weight excluding hydrogens is 229 g/mol. The lowest BCUT2D eigenvalue weighted by atomic mass is 10.2. The number of halogens is 1. The maximum Gasteiger partial charge on any atom is 0.158 e. The summed E-state index contributed by atoms with van der Waals surface area (Å²) in [4.78, 5) is 0. The van der Waals surface area contributed by atoms with E-state index in [0.717, 1.165) is 30.2 Å². The minimum absolute atomic E-state index is 0.226. The van der Waals surface area contributed by atoms with Gasteiger partial charge in [-0.1, -0.05) is 13.8 Å². The Bertz CT molecular complexity index is 487. The normalized spacial score (nSPS) is 11.1. The van der Waals surface area contributed by atoms with Gasteiger partial charge in [-0.05, 0) is 36.4 Å². The summed E-state index contributed by atoms with van der Waals surface area (Å²) in [6, 6.07) is 10.3. The minimum Gasteiger partial charge on any atom is -0.455 e. The van der Waals surface area contributed by atoms with Gasteiger partial charge in [0, 0.05) is 11.5 Å². The van der Waals surface area contributed by atoms with Crippen molar-refractivity contribution in [1.29, 1.82) is 0 Å². The van der Waals surface area contributed by atoms with Crippen LogP contribution in [0, 0.1) is 11.7 Å². The molecule has 0 saturated carbocycles. The molecule has 0 aliphatic heterocycles. The van der Waals surface area contributed by atoms with E-state index in [4.69, 9.17) is 4.42 Å². The summed E-state index contributed by atoms with van der Waals surface area (Å²) in [6.45, 7) is 6.33. The van der Waals surface area contributed by atoms with Crippen molar-refractivity contribution >= 4 is 0 Å². The van der Waals surface area contributed by atoms with E-state index < -0.39 is 0 Å². The zero-order valence-corrected chi connectivity index (χ0v) is 10.8. The third-order valence-corrected chi connectivity index (χ3v) is 2.77. The Labute approximate surface area is 107 Å². The van der Waals surface area contributed by atoms with Crippen molar-refractivity contribution in [2.24, 2.45) is 5.92 Å². The molecule has 0 fully saturated rings. The van der Waals surface area contributed by atoms with Crippen LogP contribution >= 0.6 is 0 Å². The van der Waals surface area contributed by atoms with Crippen LogP contribution in [0.5, 0.6) is 0 Å². The average Bonchev–Trinajstić information content (AvgIpc) is 2.78. The van der Waals surface area contributed by atoms with Gasteiger partial charge in [-0.3, -0.25) is 0 Å². The predicted octanol–water partition coefficient (Wildman–Crippen LogP) is 2.81. The zero-order chi connectivity index (χ0) is 13.0. The molecule has 1 aromatic heterocycles. The lowest BCUT2D eigenvalue weighted by molar-refractivity contribution is -0.676. The zero-order valence-electron chi connectivity index (χ0n) is 10.8. The van der Waals surface area contributed by atoms with Gasteiger partial charge in [-0.2, -0.15) is 0 Å².